The number of piperidine rings is 1. The summed E-state index contributed by atoms with van der Waals surface area (Å²) in [6, 6.07) is 6.36. The predicted octanol–water partition coefficient (Wildman–Crippen LogP) is 1.11. The van der Waals surface area contributed by atoms with Gasteiger partial charge in [-0.05, 0) is 62.9 Å². The van der Waals surface area contributed by atoms with Crippen molar-refractivity contribution in [1.82, 2.24) is 15.1 Å². The fraction of sp³-hybridized carbons (Fsp3) is 0.636. The fourth-order valence-electron chi connectivity index (χ4n) is 4.34. The van der Waals surface area contributed by atoms with Gasteiger partial charge in [-0.15, -0.1) is 0 Å². The molecule has 2 saturated heterocycles. The summed E-state index contributed by atoms with van der Waals surface area (Å²) < 4.78 is 22.6. The van der Waals surface area contributed by atoms with Crippen molar-refractivity contribution in [2.45, 2.75) is 49.8 Å². The van der Waals surface area contributed by atoms with Crippen LogP contribution in [0.25, 0.3) is 0 Å². The molecule has 172 valence electrons. The Kier molecular flexibility index (Phi) is 8.45. The van der Waals surface area contributed by atoms with Crippen LogP contribution in [0.5, 0.6) is 0 Å². The number of nitrogens with one attached hydrogen (secondary N) is 1. The Morgan fingerprint density at radius 2 is 1.58 bits per heavy atom. The Morgan fingerprint density at radius 1 is 0.968 bits per heavy atom. The van der Waals surface area contributed by atoms with E-state index in [1.807, 2.05) is 0 Å². The van der Waals surface area contributed by atoms with E-state index in [9.17, 15) is 18.0 Å². The van der Waals surface area contributed by atoms with Gasteiger partial charge >= 0.3 is 0 Å². The van der Waals surface area contributed by atoms with Gasteiger partial charge in [0.25, 0.3) is 0 Å². The first-order valence-electron chi connectivity index (χ1n) is 11.2. The molecule has 1 aromatic carbocycles. The minimum absolute atomic E-state index is 0.0292. The zero-order valence-corrected chi connectivity index (χ0v) is 18.9. The maximum absolute atomic E-state index is 12.8. The summed E-state index contributed by atoms with van der Waals surface area (Å²) in [6.45, 7) is 4.16. The lowest BCUT2D eigenvalue weighted by Gasteiger charge is -2.33. The van der Waals surface area contributed by atoms with Crippen molar-refractivity contribution in [3.8, 4) is 0 Å². The third kappa shape index (κ3) is 7.29. The Bertz CT molecular complexity index is 841. The van der Waals surface area contributed by atoms with Crippen LogP contribution in [0.1, 0.15) is 44.1 Å². The fourth-order valence-corrected chi connectivity index (χ4v) is 4.85. The zero-order valence-electron chi connectivity index (χ0n) is 18.1. The lowest BCUT2D eigenvalue weighted by atomic mass is 9.95. The quantitative estimate of drug-likeness (QED) is 0.646. The minimum atomic E-state index is -3.69. The summed E-state index contributed by atoms with van der Waals surface area (Å²) in [5.41, 5.74) is 0.931. The number of carbonyl (C=O) groups is 2. The van der Waals surface area contributed by atoms with E-state index in [4.69, 9.17) is 5.14 Å². The van der Waals surface area contributed by atoms with Crippen LogP contribution in [0.4, 0.5) is 0 Å². The molecular formula is C22H34N4O4S. The minimum Gasteiger partial charge on any atom is -0.355 e. The van der Waals surface area contributed by atoms with E-state index in [0.717, 1.165) is 57.4 Å². The standard InChI is InChI=1S/C22H34N4O4S/c23-31(29,30)20-7-5-18(6-8-20)9-12-24-21(27)17-25-15-10-19(11-16-25)22(28)26-13-3-1-2-4-14-26/h5-8,19H,1-4,9-17H2,(H,24,27)(H2,23,29,30). The molecule has 0 saturated carbocycles. The van der Waals surface area contributed by atoms with Crippen LogP contribution in [-0.2, 0) is 26.0 Å². The highest BCUT2D eigenvalue weighted by molar-refractivity contribution is 7.89. The van der Waals surface area contributed by atoms with Crippen LogP contribution in [-0.4, -0.2) is 69.3 Å². The monoisotopic (exact) mass is 450 g/mol. The molecule has 8 nitrogen and oxygen atoms in total. The number of hydrogen-bond donors (Lipinski definition) is 2. The number of amides is 2. The van der Waals surface area contributed by atoms with Crippen LogP contribution < -0.4 is 10.5 Å². The predicted molar refractivity (Wildman–Crippen MR) is 119 cm³/mol. The molecule has 0 spiro atoms. The molecule has 0 unspecified atom stereocenters. The molecule has 3 N–H and O–H groups in total. The molecule has 0 atom stereocenters. The van der Waals surface area contributed by atoms with E-state index in [0.29, 0.717) is 25.4 Å². The van der Waals surface area contributed by atoms with Gasteiger partial charge in [-0.3, -0.25) is 14.5 Å². The van der Waals surface area contributed by atoms with E-state index in [2.05, 4.69) is 15.1 Å². The van der Waals surface area contributed by atoms with Gasteiger partial charge in [0.05, 0.1) is 11.4 Å². The maximum Gasteiger partial charge on any atom is 0.238 e. The number of benzene rings is 1. The zero-order chi connectivity index (χ0) is 22.3. The van der Waals surface area contributed by atoms with E-state index in [-0.39, 0.29) is 16.7 Å². The molecule has 2 aliphatic rings. The van der Waals surface area contributed by atoms with Crippen LogP contribution in [0.3, 0.4) is 0 Å². The molecule has 0 aromatic heterocycles. The van der Waals surface area contributed by atoms with Gasteiger partial charge in [-0.2, -0.15) is 0 Å². The van der Waals surface area contributed by atoms with Gasteiger partial charge in [0.1, 0.15) is 0 Å². The highest BCUT2D eigenvalue weighted by Crippen LogP contribution is 2.21. The first-order chi connectivity index (χ1) is 14.8. The molecular weight excluding hydrogens is 416 g/mol. The summed E-state index contributed by atoms with van der Waals surface area (Å²) >= 11 is 0. The molecule has 31 heavy (non-hydrogen) atoms. The van der Waals surface area contributed by atoms with Crippen molar-refractivity contribution in [1.29, 1.82) is 0 Å². The summed E-state index contributed by atoms with van der Waals surface area (Å²) in [6.07, 6.45) is 6.92. The largest absolute Gasteiger partial charge is 0.355 e. The normalized spacial score (nSPS) is 19.1. The van der Waals surface area contributed by atoms with Crippen molar-refractivity contribution >= 4 is 21.8 Å². The van der Waals surface area contributed by atoms with Gasteiger partial charge in [-0.1, -0.05) is 25.0 Å². The lowest BCUT2D eigenvalue weighted by Crippen LogP contribution is -2.45. The van der Waals surface area contributed by atoms with E-state index in [1.54, 1.807) is 12.1 Å². The molecule has 2 heterocycles. The molecule has 0 aliphatic carbocycles. The molecule has 2 aliphatic heterocycles. The maximum atomic E-state index is 12.8. The number of hydrogen-bond acceptors (Lipinski definition) is 5. The average Bonchev–Trinajstić information content (AvgIpc) is 3.03. The van der Waals surface area contributed by atoms with Gasteiger partial charge in [-0.25, -0.2) is 13.6 Å². The van der Waals surface area contributed by atoms with Crippen LogP contribution in [0.2, 0.25) is 0 Å². The number of carbonyl (C=O) groups excluding carboxylic acids is 2. The van der Waals surface area contributed by atoms with Crippen LogP contribution >= 0.6 is 0 Å². The number of rotatable bonds is 7. The topological polar surface area (TPSA) is 113 Å². The number of likely N-dealkylation sites (tertiary alicyclic amines) is 2. The molecule has 2 amide bonds. The Hall–Kier alpha value is -1.97. The second-order valence-corrected chi connectivity index (χ2v) is 10.1. The third-order valence-corrected chi connectivity index (χ3v) is 7.14. The lowest BCUT2D eigenvalue weighted by molar-refractivity contribution is -0.137. The van der Waals surface area contributed by atoms with Crippen molar-refractivity contribution in [3.05, 3.63) is 29.8 Å². The molecule has 0 radical (unpaired) electrons. The first kappa shape index (κ1) is 23.7. The van der Waals surface area contributed by atoms with E-state index < -0.39 is 10.0 Å². The van der Waals surface area contributed by atoms with E-state index >= 15 is 0 Å². The molecule has 2 fully saturated rings. The summed E-state index contributed by atoms with van der Waals surface area (Å²) in [5.74, 6) is 0.371. The van der Waals surface area contributed by atoms with E-state index in [1.165, 1.54) is 25.0 Å². The highest BCUT2D eigenvalue weighted by Gasteiger charge is 2.29. The average molecular weight is 451 g/mol. The Balaban J connectivity index is 1.35. The smallest absolute Gasteiger partial charge is 0.238 e. The molecule has 1 aromatic rings. The number of nitrogens with zero attached hydrogens (tertiary/aromatic N) is 2. The van der Waals surface area contributed by atoms with Crippen LogP contribution in [0, 0.1) is 5.92 Å². The Morgan fingerprint density at radius 3 is 2.16 bits per heavy atom. The second kappa shape index (κ2) is 11.1. The van der Waals surface area contributed by atoms with Crippen molar-refractivity contribution in [2.75, 3.05) is 39.3 Å². The first-order valence-corrected chi connectivity index (χ1v) is 12.8. The highest BCUT2D eigenvalue weighted by atomic mass is 32.2. The molecule has 0 bridgehead atoms. The van der Waals surface area contributed by atoms with Crippen molar-refractivity contribution in [3.63, 3.8) is 0 Å². The molecule has 9 heteroatoms. The van der Waals surface area contributed by atoms with Crippen molar-refractivity contribution < 1.29 is 18.0 Å². The molecule has 3 rings (SSSR count). The van der Waals surface area contributed by atoms with Gasteiger partial charge < -0.3 is 10.2 Å². The second-order valence-electron chi connectivity index (χ2n) is 8.58. The summed E-state index contributed by atoms with van der Waals surface area (Å²) in [5, 5.41) is 8.01. The van der Waals surface area contributed by atoms with Gasteiger partial charge in [0, 0.05) is 25.6 Å². The van der Waals surface area contributed by atoms with Gasteiger partial charge in [0.2, 0.25) is 21.8 Å². The third-order valence-electron chi connectivity index (χ3n) is 6.21. The van der Waals surface area contributed by atoms with Gasteiger partial charge in [0.15, 0.2) is 0 Å². The SMILES string of the molecule is NS(=O)(=O)c1ccc(CCNC(=O)CN2CCC(C(=O)N3CCCCCC3)CC2)cc1. The van der Waals surface area contributed by atoms with Crippen LogP contribution in [0.15, 0.2) is 29.2 Å². The number of primary sulfonamides is 1. The Labute approximate surface area is 185 Å². The summed E-state index contributed by atoms with van der Waals surface area (Å²) in [4.78, 5) is 29.3. The summed E-state index contributed by atoms with van der Waals surface area (Å²) in [7, 11) is -3.69. The number of sulfonamides is 1. The number of nitrogens with two attached hydrogens (primary N) is 1. The van der Waals surface area contributed by atoms with Crippen molar-refractivity contribution in [2.24, 2.45) is 11.1 Å².